The molecule has 0 aliphatic rings. The number of hydrogen-bond acceptors (Lipinski definition) is 2. The van der Waals surface area contributed by atoms with Gasteiger partial charge in [0.15, 0.2) is 5.54 Å². The number of nitrogens with two attached hydrogens (primary N) is 1. The molecule has 1 unspecified atom stereocenters. The van der Waals surface area contributed by atoms with Crippen LogP contribution in [0, 0.1) is 6.92 Å². The Morgan fingerprint density at radius 2 is 1.67 bits per heavy atom. The summed E-state index contributed by atoms with van der Waals surface area (Å²) in [6.07, 6.45) is -4.79. The molecule has 0 bridgehead atoms. The highest BCUT2D eigenvalue weighted by Crippen LogP contribution is 2.30. The van der Waals surface area contributed by atoms with Crippen molar-refractivity contribution in [3.05, 3.63) is 29.8 Å². The maximum Gasteiger partial charge on any atom is 0.415 e. The number of carbonyl (C=O) groups is 1. The molecule has 1 rings (SSSR count). The van der Waals surface area contributed by atoms with Crippen LogP contribution >= 0.6 is 0 Å². The van der Waals surface area contributed by atoms with Crippen LogP contribution in [0.15, 0.2) is 24.3 Å². The summed E-state index contributed by atoms with van der Waals surface area (Å²) in [4.78, 5) is 12.7. The quantitative estimate of drug-likeness (QED) is 0.886. The minimum Gasteiger partial charge on any atom is -0.314 e. The third-order valence-electron chi connectivity index (χ3n) is 2.76. The first kappa shape index (κ1) is 14.5. The SMILES string of the molecule is Cc1ccc(N(C)C(=O)C(C)(N)C(F)(F)F)cc1. The van der Waals surface area contributed by atoms with E-state index in [-0.39, 0.29) is 0 Å². The van der Waals surface area contributed by atoms with Crippen molar-refractivity contribution in [2.75, 3.05) is 11.9 Å². The van der Waals surface area contributed by atoms with E-state index in [4.69, 9.17) is 5.73 Å². The van der Waals surface area contributed by atoms with Gasteiger partial charge in [0.25, 0.3) is 5.91 Å². The molecule has 1 aromatic carbocycles. The van der Waals surface area contributed by atoms with Crippen molar-refractivity contribution in [1.29, 1.82) is 0 Å². The lowest BCUT2D eigenvalue weighted by molar-refractivity contribution is -0.185. The van der Waals surface area contributed by atoms with Crippen LogP contribution in [0.1, 0.15) is 12.5 Å². The summed E-state index contributed by atoms with van der Waals surface area (Å²) < 4.78 is 38.0. The summed E-state index contributed by atoms with van der Waals surface area (Å²) in [5, 5.41) is 0. The summed E-state index contributed by atoms with van der Waals surface area (Å²) in [6, 6.07) is 6.56. The molecule has 0 heterocycles. The fourth-order valence-electron chi connectivity index (χ4n) is 1.36. The number of benzene rings is 1. The number of anilines is 1. The molecule has 0 aliphatic carbocycles. The second kappa shape index (κ2) is 4.61. The van der Waals surface area contributed by atoms with Crippen molar-refractivity contribution in [3.8, 4) is 0 Å². The summed E-state index contributed by atoms with van der Waals surface area (Å²) in [5.41, 5.74) is 3.51. The van der Waals surface area contributed by atoms with Gasteiger partial charge in [-0.1, -0.05) is 17.7 Å². The molecule has 1 aromatic rings. The zero-order valence-electron chi connectivity index (χ0n) is 10.4. The van der Waals surface area contributed by atoms with E-state index < -0.39 is 17.6 Å². The highest BCUT2D eigenvalue weighted by atomic mass is 19.4. The molecule has 0 saturated heterocycles. The van der Waals surface area contributed by atoms with Gasteiger partial charge in [0.05, 0.1) is 0 Å². The van der Waals surface area contributed by atoms with E-state index in [1.54, 1.807) is 24.3 Å². The van der Waals surface area contributed by atoms with Crippen LogP contribution in [-0.2, 0) is 4.79 Å². The van der Waals surface area contributed by atoms with E-state index >= 15 is 0 Å². The molecule has 0 saturated carbocycles. The van der Waals surface area contributed by atoms with E-state index in [0.29, 0.717) is 12.6 Å². The molecule has 2 N–H and O–H groups in total. The van der Waals surface area contributed by atoms with Crippen LogP contribution < -0.4 is 10.6 Å². The Labute approximate surface area is 103 Å². The van der Waals surface area contributed by atoms with Gasteiger partial charge in [-0.3, -0.25) is 4.79 Å². The fraction of sp³-hybridized carbons (Fsp3) is 0.417. The van der Waals surface area contributed by atoms with Gasteiger partial charge in [0, 0.05) is 12.7 Å². The molecule has 1 amide bonds. The molecule has 6 heteroatoms. The molecular weight excluding hydrogens is 245 g/mol. The molecule has 100 valence electrons. The monoisotopic (exact) mass is 260 g/mol. The maximum atomic E-state index is 12.7. The maximum absolute atomic E-state index is 12.7. The van der Waals surface area contributed by atoms with Gasteiger partial charge >= 0.3 is 6.18 Å². The topological polar surface area (TPSA) is 46.3 Å². The third kappa shape index (κ3) is 2.64. The minimum atomic E-state index is -4.79. The average molecular weight is 260 g/mol. The zero-order chi connectivity index (χ0) is 14.1. The van der Waals surface area contributed by atoms with E-state index in [1.165, 1.54) is 7.05 Å². The lowest BCUT2D eigenvalue weighted by atomic mass is 10.0. The van der Waals surface area contributed by atoms with Gasteiger partial charge in [-0.15, -0.1) is 0 Å². The van der Waals surface area contributed by atoms with Crippen molar-refractivity contribution < 1.29 is 18.0 Å². The Morgan fingerprint density at radius 1 is 1.22 bits per heavy atom. The molecule has 0 spiro atoms. The zero-order valence-corrected chi connectivity index (χ0v) is 10.4. The minimum absolute atomic E-state index is 0.367. The van der Waals surface area contributed by atoms with E-state index in [2.05, 4.69) is 0 Å². The van der Waals surface area contributed by atoms with Gasteiger partial charge in [-0.25, -0.2) is 0 Å². The molecule has 0 aliphatic heterocycles. The second-order valence-corrected chi connectivity index (χ2v) is 4.40. The van der Waals surface area contributed by atoms with Crippen molar-refractivity contribution in [1.82, 2.24) is 0 Å². The summed E-state index contributed by atoms with van der Waals surface area (Å²) in [7, 11) is 1.27. The number of carbonyl (C=O) groups excluding carboxylic acids is 1. The van der Waals surface area contributed by atoms with Crippen LogP contribution in [-0.4, -0.2) is 24.7 Å². The molecule has 18 heavy (non-hydrogen) atoms. The third-order valence-corrected chi connectivity index (χ3v) is 2.76. The molecule has 3 nitrogen and oxygen atoms in total. The van der Waals surface area contributed by atoms with Crippen LogP contribution in [0.4, 0.5) is 18.9 Å². The molecular formula is C12H15F3N2O. The summed E-state index contributed by atoms with van der Waals surface area (Å²) in [6.45, 7) is 2.51. The fourth-order valence-corrected chi connectivity index (χ4v) is 1.36. The Hall–Kier alpha value is -1.56. The molecule has 0 aromatic heterocycles. The molecule has 1 atom stereocenters. The number of aryl methyl sites for hydroxylation is 1. The molecule has 0 radical (unpaired) electrons. The lowest BCUT2D eigenvalue weighted by Gasteiger charge is -2.30. The number of likely N-dealkylation sites (N-methyl/N-ethyl adjacent to an activating group) is 1. The first-order valence-corrected chi connectivity index (χ1v) is 5.28. The van der Waals surface area contributed by atoms with Crippen LogP contribution in [0.5, 0.6) is 0 Å². The van der Waals surface area contributed by atoms with Crippen LogP contribution in [0.3, 0.4) is 0 Å². The van der Waals surface area contributed by atoms with Gasteiger partial charge in [0.2, 0.25) is 0 Å². The summed E-state index contributed by atoms with van der Waals surface area (Å²) in [5.74, 6) is -1.20. The highest BCUT2D eigenvalue weighted by Gasteiger charge is 2.55. The summed E-state index contributed by atoms with van der Waals surface area (Å²) >= 11 is 0. The van der Waals surface area contributed by atoms with Crippen molar-refractivity contribution in [3.63, 3.8) is 0 Å². The predicted octanol–water partition coefficient (Wildman–Crippen LogP) is 2.24. The Morgan fingerprint density at radius 3 is 2.06 bits per heavy atom. The largest absolute Gasteiger partial charge is 0.415 e. The Kier molecular flexibility index (Phi) is 3.71. The first-order valence-electron chi connectivity index (χ1n) is 5.28. The number of hydrogen-bond donors (Lipinski definition) is 1. The van der Waals surface area contributed by atoms with E-state index in [0.717, 1.165) is 10.5 Å². The number of rotatable bonds is 2. The normalized spacial score (nSPS) is 15.1. The highest BCUT2D eigenvalue weighted by molar-refractivity contribution is 6.00. The number of halogens is 3. The van der Waals surface area contributed by atoms with Gasteiger partial charge in [-0.05, 0) is 26.0 Å². The van der Waals surface area contributed by atoms with Gasteiger partial charge < -0.3 is 10.6 Å². The average Bonchev–Trinajstić information content (AvgIpc) is 2.26. The first-order chi connectivity index (χ1) is 8.07. The van der Waals surface area contributed by atoms with Gasteiger partial charge in [0.1, 0.15) is 0 Å². The van der Waals surface area contributed by atoms with Crippen LogP contribution in [0.25, 0.3) is 0 Å². The Bertz CT molecular complexity index is 438. The number of nitrogens with zero attached hydrogens (tertiary/aromatic N) is 1. The molecule has 0 fully saturated rings. The van der Waals surface area contributed by atoms with E-state index in [1.807, 2.05) is 6.92 Å². The van der Waals surface area contributed by atoms with Crippen molar-refractivity contribution >= 4 is 11.6 Å². The van der Waals surface area contributed by atoms with Crippen molar-refractivity contribution in [2.45, 2.75) is 25.6 Å². The standard InChI is InChI=1S/C12H15F3N2O/c1-8-4-6-9(7-5-8)17(3)10(18)11(2,16)12(13,14)15/h4-7H,16H2,1-3H3. The second-order valence-electron chi connectivity index (χ2n) is 4.40. The van der Waals surface area contributed by atoms with Crippen LogP contribution in [0.2, 0.25) is 0 Å². The van der Waals surface area contributed by atoms with Crippen molar-refractivity contribution in [2.24, 2.45) is 5.73 Å². The smallest absolute Gasteiger partial charge is 0.314 e. The van der Waals surface area contributed by atoms with Gasteiger partial charge in [-0.2, -0.15) is 13.2 Å². The Balaban J connectivity index is 3.01. The predicted molar refractivity (Wildman–Crippen MR) is 63.2 cm³/mol. The van der Waals surface area contributed by atoms with E-state index in [9.17, 15) is 18.0 Å². The number of alkyl halides is 3. The lowest BCUT2D eigenvalue weighted by Crippen LogP contribution is -2.61. The number of amides is 1.